The van der Waals surface area contributed by atoms with Crippen molar-refractivity contribution in [2.75, 3.05) is 19.1 Å². The third-order valence-corrected chi connectivity index (χ3v) is 4.27. The molecule has 2 aromatic rings. The number of carbonyl (C=O) groups is 4. The van der Waals surface area contributed by atoms with Crippen LogP contribution in [0.4, 0.5) is 10.5 Å². The lowest BCUT2D eigenvalue weighted by molar-refractivity contribution is -0.131. The summed E-state index contributed by atoms with van der Waals surface area (Å²) in [5.41, 5.74) is 2.72. The Labute approximate surface area is 171 Å². The van der Waals surface area contributed by atoms with Crippen molar-refractivity contribution in [2.24, 2.45) is 11.0 Å². The highest BCUT2D eigenvalue weighted by Crippen LogP contribution is 2.30. The van der Waals surface area contributed by atoms with Crippen LogP contribution in [-0.2, 0) is 9.59 Å². The van der Waals surface area contributed by atoms with Crippen LogP contribution in [0.1, 0.15) is 10.4 Å². The van der Waals surface area contributed by atoms with Crippen molar-refractivity contribution in [3.63, 3.8) is 0 Å². The zero-order chi connectivity index (χ0) is 21.7. The van der Waals surface area contributed by atoms with Crippen LogP contribution in [0.3, 0.4) is 0 Å². The van der Waals surface area contributed by atoms with Gasteiger partial charge in [-0.15, -0.1) is 0 Å². The van der Waals surface area contributed by atoms with Crippen molar-refractivity contribution in [2.45, 2.75) is 0 Å². The first-order chi connectivity index (χ1) is 14.5. The van der Waals surface area contributed by atoms with Crippen LogP contribution < -0.4 is 25.1 Å². The van der Waals surface area contributed by atoms with Crippen molar-refractivity contribution in [1.29, 1.82) is 0 Å². The van der Waals surface area contributed by atoms with Gasteiger partial charge in [0, 0.05) is 11.8 Å². The highest BCUT2D eigenvalue weighted by molar-refractivity contribution is 6.32. The maximum atomic E-state index is 12.8. The second-order valence-corrected chi connectivity index (χ2v) is 6.07. The molecule has 10 heteroatoms. The van der Waals surface area contributed by atoms with Gasteiger partial charge in [0.1, 0.15) is 11.5 Å². The van der Waals surface area contributed by atoms with Gasteiger partial charge in [-0.3, -0.25) is 19.7 Å². The number of barbiturate groups is 1. The quantitative estimate of drug-likeness (QED) is 0.420. The number of hydrogen-bond acceptors (Lipinski definition) is 7. The lowest BCUT2D eigenvalue weighted by atomic mass is 10.1. The third kappa shape index (κ3) is 4.12. The minimum Gasteiger partial charge on any atom is -0.497 e. The molecule has 0 unspecified atom stereocenters. The molecule has 2 aromatic carbocycles. The molecular weight excluding hydrogens is 392 g/mol. The van der Waals surface area contributed by atoms with E-state index in [0.29, 0.717) is 11.3 Å². The predicted molar refractivity (Wildman–Crippen MR) is 106 cm³/mol. The molecule has 0 radical (unpaired) electrons. The SMILES string of the molecule is COc1ccc(C(=O)N/N=C\[C@@H]2C(=O)NC(=O)N(c3ccccc3OC)C2=O)cc1. The first kappa shape index (κ1) is 20.5. The minimum atomic E-state index is -1.41. The van der Waals surface area contributed by atoms with Gasteiger partial charge < -0.3 is 9.47 Å². The van der Waals surface area contributed by atoms with E-state index in [1.165, 1.54) is 32.4 Å². The molecule has 0 aliphatic carbocycles. The number of urea groups is 1. The summed E-state index contributed by atoms with van der Waals surface area (Å²) in [4.78, 5) is 50.1. The highest BCUT2D eigenvalue weighted by Gasteiger charge is 2.41. The fraction of sp³-hybridized carbons (Fsp3) is 0.150. The number of benzene rings is 2. The van der Waals surface area contributed by atoms with E-state index in [1.54, 1.807) is 30.3 Å². The van der Waals surface area contributed by atoms with E-state index in [4.69, 9.17) is 9.47 Å². The van der Waals surface area contributed by atoms with Crippen LogP contribution >= 0.6 is 0 Å². The summed E-state index contributed by atoms with van der Waals surface area (Å²) >= 11 is 0. The van der Waals surface area contributed by atoms with E-state index in [2.05, 4.69) is 15.8 Å². The molecule has 30 heavy (non-hydrogen) atoms. The number of carbonyl (C=O) groups excluding carboxylic acids is 4. The molecular formula is C20H18N4O6. The number of hydrazone groups is 1. The third-order valence-electron chi connectivity index (χ3n) is 4.27. The van der Waals surface area contributed by atoms with E-state index in [0.717, 1.165) is 11.1 Å². The number of anilines is 1. The van der Waals surface area contributed by atoms with Crippen molar-refractivity contribution in [3.05, 3.63) is 54.1 Å². The molecule has 1 aliphatic rings. The summed E-state index contributed by atoms with van der Waals surface area (Å²) in [7, 11) is 2.90. The Balaban J connectivity index is 1.76. The molecule has 1 aliphatic heterocycles. The van der Waals surface area contributed by atoms with Gasteiger partial charge in [-0.25, -0.2) is 15.1 Å². The first-order valence-electron chi connectivity index (χ1n) is 8.75. The van der Waals surface area contributed by atoms with E-state index in [1.807, 2.05) is 0 Å². The predicted octanol–water partition coefficient (Wildman–Crippen LogP) is 1.32. The summed E-state index contributed by atoms with van der Waals surface area (Å²) in [6.45, 7) is 0. The van der Waals surface area contributed by atoms with Crippen LogP contribution in [0.5, 0.6) is 11.5 Å². The van der Waals surface area contributed by atoms with Crippen LogP contribution in [0, 0.1) is 5.92 Å². The molecule has 154 valence electrons. The van der Waals surface area contributed by atoms with Crippen LogP contribution in [-0.4, -0.2) is 44.2 Å². The second kappa shape index (κ2) is 8.86. The normalized spacial score (nSPS) is 16.4. The molecule has 0 aromatic heterocycles. The van der Waals surface area contributed by atoms with E-state index < -0.39 is 29.7 Å². The number of nitrogens with one attached hydrogen (secondary N) is 2. The van der Waals surface area contributed by atoms with Crippen molar-refractivity contribution >= 4 is 35.7 Å². The van der Waals surface area contributed by atoms with Gasteiger partial charge >= 0.3 is 6.03 Å². The van der Waals surface area contributed by atoms with E-state index in [-0.39, 0.29) is 11.4 Å². The molecule has 0 saturated carbocycles. The molecule has 0 bridgehead atoms. The van der Waals surface area contributed by atoms with Crippen LogP contribution in [0.25, 0.3) is 0 Å². The van der Waals surface area contributed by atoms with Crippen molar-refractivity contribution in [1.82, 2.24) is 10.7 Å². The summed E-state index contributed by atoms with van der Waals surface area (Å²) in [6, 6.07) is 11.7. The van der Waals surface area contributed by atoms with Gasteiger partial charge in [-0.05, 0) is 36.4 Å². The Morgan fingerprint density at radius 1 is 1.07 bits per heavy atom. The molecule has 1 heterocycles. The molecule has 2 N–H and O–H groups in total. The topological polar surface area (TPSA) is 126 Å². The maximum Gasteiger partial charge on any atom is 0.335 e. The second-order valence-electron chi connectivity index (χ2n) is 6.07. The average molecular weight is 410 g/mol. The lowest BCUT2D eigenvalue weighted by Gasteiger charge is -2.29. The number of methoxy groups -OCH3 is 2. The smallest absolute Gasteiger partial charge is 0.335 e. The van der Waals surface area contributed by atoms with Gasteiger partial charge in [0.2, 0.25) is 5.91 Å². The Bertz CT molecular complexity index is 1020. The molecule has 3 rings (SSSR count). The molecule has 10 nitrogen and oxygen atoms in total. The van der Waals surface area contributed by atoms with Gasteiger partial charge in [-0.1, -0.05) is 12.1 Å². The highest BCUT2D eigenvalue weighted by atomic mass is 16.5. The number of hydrogen-bond donors (Lipinski definition) is 2. The van der Waals surface area contributed by atoms with Gasteiger partial charge in [0.05, 0.1) is 19.9 Å². The molecule has 1 fully saturated rings. The Hall–Kier alpha value is -4.21. The minimum absolute atomic E-state index is 0.177. The lowest BCUT2D eigenvalue weighted by Crippen LogP contribution is -2.58. The molecule has 5 amide bonds. The number of para-hydroxylation sites is 2. The van der Waals surface area contributed by atoms with Gasteiger partial charge in [-0.2, -0.15) is 5.10 Å². The number of ether oxygens (including phenoxy) is 2. The fourth-order valence-corrected chi connectivity index (χ4v) is 2.74. The average Bonchev–Trinajstić information content (AvgIpc) is 2.76. The van der Waals surface area contributed by atoms with Crippen molar-refractivity contribution < 1.29 is 28.7 Å². The van der Waals surface area contributed by atoms with Crippen LogP contribution in [0.15, 0.2) is 53.6 Å². The molecule has 1 saturated heterocycles. The maximum absolute atomic E-state index is 12.8. The Morgan fingerprint density at radius 3 is 2.43 bits per heavy atom. The Morgan fingerprint density at radius 2 is 1.77 bits per heavy atom. The summed E-state index contributed by atoms with van der Waals surface area (Å²) in [6.07, 6.45) is 0.966. The van der Waals surface area contributed by atoms with Crippen LogP contribution in [0.2, 0.25) is 0 Å². The molecule has 1 atom stereocenters. The van der Waals surface area contributed by atoms with E-state index in [9.17, 15) is 19.2 Å². The number of nitrogens with zero attached hydrogens (tertiary/aromatic N) is 2. The number of rotatable bonds is 6. The van der Waals surface area contributed by atoms with Gasteiger partial charge in [0.25, 0.3) is 11.8 Å². The fourth-order valence-electron chi connectivity index (χ4n) is 2.74. The zero-order valence-corrected chi connectivity index (χ0v) is 16.1. The standard InChI is InChI=1S/C20H18N4O6/c1-29-13-9-7-12(8-10-13)17(25)23-21-11-14-18(26)22-20(28)24(19(14)27)15-5-3-4-6-16(15)30-2/h3-11,14H,1-2H3,(H,23,25)(H,22,26,28)/b21-11-/t14-/m1/s1. The summed E-state index contributed by atoms with van der Waals surface area (Å²) in [5.74, 6) is -2.77. The van der Waals surface area contributed by atoms with Gasteiger partial charge in [0.15, 0.2) is 5.92 Å². The summed E-state index contributed by atoms with van der Waals surface area (Å²) in [5, 5.41) is 5.80. The zero-order valence-electron chi connectivity index (χ0n) is 16.1. The van der Waals surface area contributed by atoms with E-state index >= 15 is 0 Å². The monoisotopic (exact) mass is 410 g/mol. The summed E-state index contributed by atoms with van der Waals surface area (Å²) < 4.78 is 10.2. The van der Waals surface area contributed by atoms with Crippen molar-refractivity contribution in [3.8, 4) is 11.5 Å². The first-order valence-corrected chi connectivity index (χ1v) is 8.75. The largest absolute Gasteiger partial charge is 0.497 e. The number of imide groups is 2. The molecule has 0 spiro atoms. The Kier molecular flexibility index (Phi) is 6.06. The number of amides is 5.